The summed E-state index contributed by atoms with van der Waals surface area (Å²) < 4.78 is 63.7. The number of benzene rings is 2. The van der Waals surface area contributed by atoms with Crippen molar-refractivity contribution < 1.29 is 32.0 Å². The first kappa shape index (κ1) is 23.6. The van der Waals surface area contributed by atoms with E-state index in [0.29, 0.717) is 35.4 Å². The van der Waals surface area contributed by atoms with Crippen LogP contribution in [-0.2, 0) is 4.74 Å². The van der Waals surface area contributed by atoms with Crippen LogP contribution in [0.25, 0.3) is 11.0 Å². The molecule has 0 saturated carbocycles. The SMILES string of the molecule is [2H]C([2H])([2H])N1C(=O)c2cccc(OC(F)F)c2[C@H]2C[C@@H]1c1nc3ccc(C#CC4CCCCN4C(=O)OC(C)(C)C)cc3n12. The van der Waals surface area contributed by atoms with Crippen LogP contribution in [0, 0.1) is 11.8 Å². The maximum atomic E-state index is 13.6. The molecule has 3 atom stereocenters. The summed E-state index contributed by atoms with van der Waals surface area (Å²) in [7, 11) is 0. The highest BCUT2D eigenvalue weighted by Gasteiger charge is 2.45. The van der Waals surface area contributed by atoms with E-state index in [1.807, 2.05) is 26.8 Å². The Hall–Kier alpha value is -4.13. The Balaban J connectivity index is 1.44. The minimum Gasteiger partial charge on any atom is -0.444 e. The number of likely N-dealkylation sites (tertiary alicyclic amines) is 1. The lowest BCUT2D eigenvalue weighted by molar-refractivity contribution is -0.0507. The Labute approximate surface area is 241 Å². The number of rotatable bonds is 2. The zero-order valence-corrected chi connectivity index (χ0v) is 23.0. The number of imidazole rings is 1. The average molecular weight is 566 g/mol. The van der Waals surface area contributed by atoms with Crippen LogP contribution in [0.5, 0.6) is 5.75 Å². The molecule has 41 heavy (non-hydrogen) atoms. The lowest BCUT2D eigenvalue weighted by atomic mass is 9.97. The third-order valence-corrected chi connectivity index (χ3v) is 7.66. The Bertz CT molecular complexity index is 1710. The van der Waals surface area contributed by atoms with Gasteiger partial charge in [-0.1, -0.05) is 17.9 Å². The van der Waals surface area contributed by atoms with Crippen molar-refractivity contribution in [2.75, 3.05) is 13.5 Å². The van der Waals surface area contributed by atoms with Crippen molar-refractivity contribution >= 4 is 23.0 Å². The Morgan fingerprint density at radius 3 is 2.78 bits per heavy atom. The van der Waals surface area contributed by atoms with E-state index in [2.05, 4.69) is 11.8 Å². The van der Waals surface area contributed by atoms with Crippen molar-refractivity contribution in [3.05, 3.63) is 58.9 Å². The molecule has 0 aliphatic carbocycles. The maximum absolute atomic E-state index is 13.6. The molecule has 1 aromatic heterocycles. The molecule has 214 valence electrons. The van der Waals surface area contributed by atoms with E-state index >= 15 is 0 Å². The number of fused-ring (bicyclic) bond motifs is 9. The summed E-state index contributed by atoms with van der Waals surface area (Å²) >= 11 is 0. The highest BCUT2D eigenvalue weighted by atomic mass is 19.3. The van der Waals surface area contributed by atoms with Gasteiger partial charge in [0, 0.05) is 40.7 Å². The Morgan fingerprint density at radius 1 is 1.20 bits per heavy atom. The van der Waals surface area contributed by atoms with Gasteiger partial charge >= 0.3 is 12.7 Å². The second kappa shape index (κ2) is 10.1. The largest absolute Gasteiger partial charge is 0.444 e. The molecular formula is C31H32F2N4O4. The van der Waals surface area contributed by atoms with Gasteiger partial charge in [-0.05, 0) is 70.4 Å². The van der Waals surface area contributed by atoms with Crippen molar-refractivity contribution in [1.82, 2.24) is 19.4 Å². The molecule has 1 saturated heterocycles. The van der Waals surface area contributed by atoms with Gasteiger partial charge in [-0.15, -0.1) is 0 Å². The smallest absolute Gasteiger partial charge is 0.411 e. The summed E-state index contributed by atoms with van der Waals surface area (Å²) in [6.07, 6.45) is 2.23. The molecule has 6 rings (SSSR count). The van der Waals surface area contributed by atoms with Crippen molar-refractivity contribution in [2.45, 2.75) is 76.8 Å². The number of halogens is 2. The van der Waals surface area contributed by atoms with Gasteiger partial charge in [0.05, 0.1) is 29.2 Å². The van der Waals surface area contributed by atoms with Crippen molar-refractivity contribution in [3.63, 3.8) is 0 Å². The van der Waals surface area contributed by atoms with Gasteiger partial charge in [0.15, 0.2) is 0 Å². The molecule has 1 fully saturated rings. The summed E-state index contributed by atoms with van der Waals surface area (Å²) in [5.74, 6) is 5.78. The van der Waals surface area contributed by atoms with Gasteiger partial charge in [-0.2, -0.15) is 8.78 Å². The molecule has 2 aromatic carbocycles. The summed E-state index contributed by atoms with van der Waals surface area (Å²) in [6, 6.07) is 7.61. The molecule has 0 spiro atoms. The number of aromatic nitrogens is 2. The predicted octanol–water partition coefficient (Wildman–Crippen LogP) is 5.90. The fourth-order valence-electron chi connectivity index (χ4n) is 5.97. The first-order valence-electron chi connectivity index (χ1n) is 15.2. The minimum atomic E-state index is -3.14. The quantitative estimate of drug-likeness (QED) is 0.362. The van der Waals surface area contributed by atoms with Crippen LogP contribution in [0.15, 0.2) is 36.4 Å². The molecule has 2 amide bonds. The first-order valence-corrected chi connectivity index (χ1v) is 13.7. The van der Waals surface area contributed by atoms with Crippen molar-refractivity contribution in [1.29, 1.82) is 0 Å². The van der Waals surface area contributed by atoms with E-state index in [1.54, 1.807) is 21.6 Å². The topological polar surface area (TPSA) is 76.9 Å². The number of carbonyl (C=O) groups excluding carboxylic acids is 2. The second-order valence-corrected chi connectivity index (χ2v) is 11.5. The fraction of sp³-hybridized carbons (Fsp3) is 0.452. The van der Waals surface area contributed by atoms with Crippen LogP contribution >= 0.6 is 0 Å². The number of hydrogen-bond acceptors (Lipinski definition) is 5. The predicted molar refractivity (Wildman–Crippen MR) is 148 cm³/mol. The molecule has 1 unspecified atom stereocenters. The van der Waals surface area contributed by atoms with Crippen LogP contribution in [0.2, 0.25) is 0 Å². The van der Waals surface area contributed by atoms with E-state index in [-0.39, 0.29) is 29.3 Å². The second-order valence-electron chi connectivity index (χ2n) is 11.5. The molecule has 3 aliphatic heterocycles. The zero-order valence-electron chi connectivity index (χ0n) is 26.0. The van der Waals surface area contributed by atoms with Crippen LogP contribution in [0.1, 0.15) is 90.0 Å². The summed E-state index contributed by atoms with van der Waals surface area (Å²) in [5.41, 5.74) is 1.35. The molecule has 0 radical (unpaired) electrons. The first-order chi connectivity index (χ1) is 20.7. The lowest BCUT2D eigenvalue weighted by Crippen LogP contribution is -2.45. The highest BCUT2D eigenvalue weighted by molar-refractivity contribution is 5.97. The van der Waals surface area contributed by atoms with Crippen LogP contribution < -0.4 is 4.74 Å². The lowest BCUT2D eigenvalue weighted by Gasteiger charge is -2.34. The molecule has 3 aliphatic rings. The Kier molecular flexibility index (Phi) is 5.78. The Morgan fingerprint density at radius 2 is 2.02 bits per heavy atom. The summed E-state index contributed by atoms with van der Waals surface area (Å²) in [5, 5.41) is 0. The molecule has 2 bridgehead atoms. The van der Waals surface area contributed by atoms with Crippen molar-refractivity contribution in [3.8, 4) is 17.6 Å². The minimum absolute atomic E-state index is 0.00486. The van der Waals surface area contributed by atoms with Gasteiger partial charge in [0.2, 0.25) is 0 Å². The van der Waals surface area contributed by atoms with Gasteiger partial charge in [0.25, 0.3) is 5.91 Å². The number of amides is 2. The number of hydrogen-bond donors (Lipinski definition) is 0. The van der Waals surface area contributed by atoms with Gasteiger partial charge in [-0.25, -0.2) is 9.78 Å². The van der Waals surface area contributed by atoms with Crippen molar-refractivity contribution in [2.24, 2.45) is 0 Å². The van der Waals surface area contributed by atoms with E-state index in [9.17, 15) is 18.4 Å². The molecule has 8 nitrogen and oxygen atoms in total. The number of nitrogens with zero attached hydrogens (tertiary/aromatic N) is 4. The summed E-state index contributed by atoms with van der Waals surface area (Å²) in [6.45, 7) is 0.0570. The van der Waals surface area contributed by atoms with E-state index in [0.717, 1.165) is 17.7 Å². The van der Waals surface area contributed by atoms with Crippen LogP contribution in [0.3, 0.4) is 0 Å². The third-order valence-electron chi connectivity index (χ3n) is 7.66. The number of piperidine rings is 1. The normalized spacial score (nSPS) is 23.1. The van der Waals surface area contributed by atoms with E-state index < -0.39 is 43.3 Å². The molecule has 10 heteroatoms. The highest BCUT2D eigenvalue weighted by Crippen LogP contribution is 2.50. The monoisotopic (exact) mass is 565 g/mol. The molecule has 0 N–H and O–H groups in total. The maximum Gasteiger partial charge on any atom is 0.411 e. The van der Waals surface area contributed by atoms with Crippen LogP contribution in [0.4, 0.5) is 13.6 Å². The fourth-order valence-corrected chi connectivity index (χ4v) is 5.97. The number of alkyl halides is 2. The molecule has 3 aromatic rings. The van der Waals surface area contributed by atoms with Gasteiger partial charge in [-0.3, -0.25) is 9.69 Å². The number of carbonyl (C=O) groups is 2. The van der Waals surface area contributed by atoms with E-state index in [4.69, 9.17) is 18.6 Å². The number of ether oxygens (including phenoxy) is 2. The van der Waals surface area contributed by atoms with E-state index in [1.165, 1.54) is 18.2 Å². The molecule has 4 heterocycles. The van der Waals surface area contributed by atoms with Gasteiger partial charge < -0.3 is 18.9 Å². The van der Waals surface area contributed by atoms with Gasteiger partial charge in [0.1, 0.15) is 17.2 Å². The third kappa shape index (κ3) is 4.88. The summed E-state index contributed by atoms with van der Waals surface area (Å²) in [4.78, 5) is 33.6. The van der Waals surface area contributed by atoms with Crippen LogP contribution in [-0.4, -0.2) is 63.1 Å². The average Bonchev–Trinajstić information content (AvgIpc) is 3.43. The zero-order chi connectivity index (χ0) is 31.6. The molecular weight excluding hydrogens is 530 g/mol. The standard InChI is InChI=1S/C31H32F2N4O4/c1-31(2,3)41-30(39)36-15-6-5-8-19(36)13-11-18-12-14-21-22(16-18)37-23-17-24(27(37)34-21)35(4)28(38)20-9-7-10-25(26(20)23)40-29(32)33/h7,9-10,12,14,16,19,23-24,29H,5-6,8,15,17H2,1-4H3/t19?,23-,24-/m1/s1/i4D3.